The molecule has 0 saturated heterocycles. The first-order valence-corrected chi connectivity index (χ1v) is 10.0. The highest BCUT2D eigenvalue weighted by molar-refractivity contribution is 9.10. The molecular weight excluding hydrogens is 384 g/mol. The fourth-order valence-corrected chi connectivity index (χ4v) is 4.46. The van der Waals surface area contributed by atoms with Gasteiger partial charge in [0.15, 0.2) is 5.17 Å². The van der Waals surface area contributed by atoms with Gasteiger partial charge in [0.05, 0.1) is 19.2 Å². The number of benzene rings is 2. The van der Waals surface area contributed by atoms with E-state index < -0.39 is 0 Å². The molecule has 3 nitrogen and oxygen atoms in total. The zero-order valence-corrected chi connectivity index (χ0v) is 15.7. The van der Waals surface area contributed by atoms with Crippen molar-refractivity contribution in [1.82, 2.24) is 5.32 Å². The Morgan fingerprint density at radius 2 is 2.17 bits per heavy atom. The minimum absolute atomic E-state index is 0.164. The van der Waals surface area contributed by atoms with Crippen LogP contribution in [0.3, 0.4) is 0 Å². The summed E-state index contributed by atoms with van der Waals surface area (Å²) in [6.45, 7) is 1.69. The standard InChI is InChI=1S/C19H19BrN2OS/c20-15-5-1-3-13(11-15)12-17(22-19-21-8-10-24-19)16-6-2-4-14-7-9-23-18(14)16/h1-6,11,17H,7-10,12H2,(H,21,22). The van der Waals surface area contributed by atoms with E-state index in [1.165, 1.54) is 16.7 Å². The first-order valence-electron chi connectivity index (χ1n) is 8.22. The molecule has 1 unspecified atom stereocenters. The third-order valence-electron chi connectivity index (χ3n) is 4.33. The van der Waals surface area contributed by atoms with Crippen LogP contribution in [-0.4, -0.2) is 24.1 Å². The number of nitrogens with zero attached hydrogens (tertiary/aromatic N) is 1. The molecular formula is C19H19BrN2OS. The molecule has 0 bridgehead atoms. The van der Waals surface area contributed by atoms with Gasteiger partial charge < -0.3 is 10.1 Å². The van der Waals surface area contributed by atoms with Gasteiger partial charge in [-0.3, -0.25) is 4.99 Å². The van der Waals surface area contributed by atoms with E-state index in [1.807, 2.05) is 0 Å². The van der Waals surface area contributed by atoms with Gasteiger partial charge in [0.2, 0.25) is 0 Å². The maximum Gasteiger partial charge on any atom is 0.157 e. The second-order valence-corrected chi connectivity index (χ2v) is 8.00. The number of ether oxygens (including phenoxy) is 1. The predicted octanol–water partition coefficient (Wildman–Crippen LogP) is 4.36. The minimum atomic E-state index is 0.164. The number of nitrogens with one attached hydrogen (secondary N) is 1. The average Bonchev–Trinajstić information content (AvgIpc) is 3.25. The highest BCUT2D eigenvalue weighted by Crippen LogP contribution is 2.35. The van der Waals surface area contributed by atoms with Gasteiger partial charge in [0, 0.05) is 22.2 Å². The van der Waals surface area contributed by atoms with Gasteiger partial charge in [-0.1, -0.05) is 58.0 Å². The predicted molar refractivity (Wildman–Crippen MR) is 104 cm³/mol. The van der Waals surface area contributed by atoms with E-state index in [1.54, 1.807) is 11.8 Å². The Kier molecular flexibility index (Phi) is 4.81. The smallest absolute Gasteiger partial charge is 0.157 e. The number of aliphatic imine (C=N–C) groups is 1. The van der Waals surface area contributed by atoms with Crippen LogP contribution in [0, 0.1) is 0 Å². The van der Waals surface area contributed by atoms with Crippen LogP contribution in [0.25, 0.3) is 0 Å². The largest absolute Gasteiger partial charge is 0.493 e. The maximum absolute atomic E-state index is 5.94. The number of hydrogen-bond acceptors (Lipinski definition) is 4. The quantitative estimate of drug-likeness (QED) is 0.824. The summed E-state index contributed by atoms with van der Waals surface area (Å²) in [5, 5.41) is 4.69. The number of halogens is 1. The van der Waals surface area contributed by atoms with Gasteiger partial charge in [-0.15, -0.1) is 0 Å². The second kappa shape index (κ2) is 7.19. The van der Waals surface area contributed by atoms with E-state index >= 15 is 0 Å². The highest BCUT2D eigenvalue weighted by Gasteiger charge is 2.24. The Bertz CT molecular complexity index is 778. The van der Waals surface area contributed by atoms with Crippen LogP contribution in [0.2, 0.25) is 0 Å². The summed E-state index contributed by atoms with van der Waals surface area (Å²) < 4.78 is 7.05. The summed E-state index contributed by atoms with van der Waals surface area (Å²) in [5.74, 6) is 2.13. The van der Waals surface area contributed by atoms with Crippen molar-refractivity contribution in [2.45, 2.75) is 18.9 Å². The van der Waals surface area contributed by atoms with E-state index in [2.05, 4.69) is 68.7 Å². The van der Waals surface area contributed by atoms with Crippen LogP contribution in [-0.2, 0) is 12.8 Å². The molecule has 0 saturated carbocycles. The van der Waals surface area contributed by atoms with Crippen LogP contribution >= 0.6 is 27.7 Å². The first-order chi connectivity index (χ1) is 11.8. The fraction of sp³-hybridized carbons (Fsp3) is 0.316. The van der Waals surface area contributed by atoms with Crippen molar-refractivity contribution < 1.29 is 4.74 Å². The molecule has 0 fully saturated rings. The van der Waals surface area contributed by atoms with Crippen molar-refractivity contribution in [3.8, 4) is 5.75 Å². The molecule has 0 amide bonds. The molecule has 0 spiro atoms. The fourth-order valence-electron chi connectivity index (χ4n) is 3.22. The normalized spacial score (nSPS) is 17.1. The van der Waals surface area contributed by atoms with E-state index in [9.17, 15) is 0 Å². The van der Waals surface area contributed by atoms with Crippen LogP contribution < -0.4 is 10.1 Å². The third-order valence-corrected chi connectivity index (χ3v) is 5.73. The Morgan fingerprint density at radius 1 is 1.25 bits per heavy atom. The number of thioether (sulfide) groups is 1. The average molecular weight is 403 g/mol. The maximum atomic E-state index is 5.94. The molecule has 5 heteroatoms. The van der Waals surface area contributed by atoms with Crippen LogP contribution in [0.1, 0.15) is 22.7 Å². The summed E-state index contributed by atoms with van der Waals surface area (Å²) in [6, 6.07) is 15.2. The summed E-state index contributed by atoms with van der Waals surface area (Å²) in [6.07, 6.45) is 1.90. The minimum Gasteiger partial charge on any atom is -0.493 e. The number of rotatable bonds is 4. The van der Waals surface area contributed by atoms with Crippen molar-refractivity contribution in [3.63, 3.8) is 0 Å². The monoisotopic (exact) mass is 402 g/mol. The molecule has 1 atom stereocenters. The second-order valence-electron chi connectivity index (χ2n) is 6.00. The van der Waals surface area contributed by atoms with E-state index in [0.717, 1.165) is 47.1 Å². The zero-order chi connectivity index (χ0) is 16.4. The van der Waals surface area contributed by atoms with Crippen LogP contribution in [0.5, 0.6) is 5.75 Å². The van der Waals surface area contributed by atoms with Crippen LogP contribution in [0.15, 0.2) is 51.9 Å². The summed E-state index contributed by atoms with van der Waals surface area (Å²) in [7, 11) is 0. The third kappa shape index (κ3) is 3.47. The molecule has 0 aromatic heterocycles. The Labute approximate surface area is 155 Å². The summed E-state index contributed by atoms with van der Waals surface area (Å²) in [5.41, 5.74) is 3.84. The van der Waals surface area contributed by atoms with Gasteiger partial charge in [-0.2, -0.15) is 0 Å². The van der Waals surface area contributed by atoms with Crippen molar-refractivity contribution in [2.75, 3.05) is 18.9 Å². The van der Waals surface area contributed by atoms with Gasteiger partial charge in [0.1, 0.15) is 5.75 Å². The molecule has 24 heavy (non-hydrogen) atoms. The highest BCUT2D eigenvalue weighted by atomic mass is 79.9. The number of fused-ring (bicyclic) bond motifs is 1. The molecule has 2 aliphatic heterocycles. The van der Waals surface area contributed by atoms with Gasteiger partial charge in [-0.05, 0) is 29.7 Å². The molecule has 2 aromatic carbocycles. The lowest BCUT2D eigenvalue weighted by molar-refractivity contribution is 0.350. The number of amidine groups is 1. The lowest BCUT2D eigenvalue weighted by Crippen LogP contribution is -2.27. The molecule has 2 aromatic rings. The van der Waals surface area contributed by atoms with E-state index in [4.69, 9.17) is 4.74 Å². The molecule has 0 radical (unpaired) electrons. The van der Waals surface area contributed by atoms with Crippen molar-refractivity contribution in [3.05, 3.63) is 63.6 Å². The molecule has 124 valence electrons. The molecule has 1 N–H and O–H groups in total. The van der Waals surface area contributed by atoms with Crippen molar-refractivity contribution >= 4 is 32.9 Å². The Hall–Kier alpha value is -1.46. The van der Waals surface area contributed by atoms with Crippen molar-refractivity contribution in [1.29, 1.82) is 0 Å². The summed E-state index contributed by atoms with van der Waals surface area (Å²) >= 11 is 5.37. The van der Waals surface area contributed by atoms with Crippen LogP contribution in [0.4, 0.5) is 0 Å². The molecule has 2 aliphatic rings. The first kappa shape index (κ1) is 16.0. The zero-order valence-electron chi connectivity index (χ0n) is 13.3. The SMILES string of the molecule is Brc1cccc(CC(NC2=NCCS2)c2cccc3c2OCC3)c1. The van der Waals surface area contributed by atoms with E-state index in [-0.39, 0.29) is 6.04 Å². The topological polar surface area (TPSA) is 33.6 Å². The molecule has 0 aliphatic carbocycles. The summed E-state index contributed by atoms with van der Waals surface area (Å²) in [4.78, 5) is 4.57. The lowest BCUT2D eigenvalue weighted by atomic mass is 9.96. The van der Waals surface area contributed by atoms with Gasteiger partial charge in [-0.25, -0.2) is 0 Å². The number of hydrogen-bond donors (Lipinski definition) is 1. The van der Waals surface area contributed by atoms with Gasteiger partial charge >= 0.3 is 0 Å². The van der Waals surface area contributed by atoms with Gasteiger partial charge in [0.25, 0.3) is 0 Å². The van der Waals surface area contributed by atoms with Crippen molar-refractivity contribution in [2.24, 2.45) is 4.99 Å². The van der Waals surface area contributed by atoms with E-state index in [0.29, 0.717) is 0 Å². The lowest BCUT2D eigenvalue weighted by Gasteiger charge is -2.22. The molecule has 2 heterocycles. The Morgan fingerprint density at radius 3 is 3.00 bits per heavy atom. The Balaban J connectivity index is 1.66. The number of para-hydroxylation sites is 1. The molecule has 4 rings (SSSR count).